The lowest BCUT2D eigenvalue weighted by Crippen LogP contribution is -2.29. The fourth-order valence-electron chi connectivity index (χ4n) is 1.55. The van der Waals surface area contributed by atoms with Crippen molar-refractivity contribution in [3.05, 3.63) is 23.8 Å². The Bertz CT molecular complexity index is 406. The highest BCUT2D eigenvalue weighted by molar-refractivity contribution is 5.94. The Balaban J connectivity index is 2.94. The Morgan fingerprint density at radius 1 is 1.39 bits per heavy atom. The van der Waals surface area contributed by atoms with E-state index in [0.717, 1.165) is 0 Å². The molecule has 0 aliphatic heterocycles. The number of methoxy groups -OCH3 is 1. The molecule has 0 radical (unpaired) electrons. The predicted octanol–water partition coefficient (Wildman–Crippen LogP) is 1.16. The quantitative estimate of drug-likeness (QED) is 0.826. The molecule has 0 saturated carbocycles. The number of ether oxygens (including phenoxy) is 2. The maximum atomic E-state index is 12.0. The minimum atomic E-state index is -0.162. The van der Waals surface area contributed by atoms with Crippen LogP contribution < -0.4 is 9.47 Å². The summed E-state index contributed by atoms with van der Waals surface area (Å²) in [7, 11) is 3.17. The van der Waals surface area contributed by atoms with Crippen LogP contribution >= 0.6 is 0 Å². The Labute approximate surface area is 107 Å². The van der Waals surface area contributed by atoms with Gasteiger partial charge in [-0.15, -0.1) is 0 Å². The number of carbonyl (C=O) groups excluding carboxylic acids is 1. The smallest absolute Gasteiger partial charge is 0.253 e. The second-order valence-electron chi connectivity index (χ2n) is 3.75. The van der Waals surface area contributed by atoms with Crippen LogP contribution in [0.3, 0.4) is 0 Å². The predicted molar refractivity (Wildman–Crippen MR) is 68.2 cm³/mol. The van der Waals surface area contributed by atoms with E-state index >= 15 is 0 Å². The van der Waals surface area contributed by atoms with E-state index < -0.39 is 0 Å². The van der Waals surface area contributed by atoms with E-state index in [1.54, 1.807) is 25.2 Å². The molecule has 0 unspecified atom stereocenters. The molecule has 1 rings (SSSR count). The number of benzene rings is 1. The third-order valence-electron chi connectivity index (χ3n) is 2.49. The third-order valence-corrected chi connectivity index (χ3v) is 2.49. The molecular formula is C13H19NO4. The van der Waals surface area contributed by atoms with E-state index in [2.05, 4.69) is 0 Å². The zero-order chi connectivity index (χ0) is 13.5. The summed E-state index contributed by atoms with van der Waals surface area (Å²) in [6, 6.07) is 5.03. The highest BCUT2D eigenvalue weighted by Crippen LogP contribution is 2.28. The molecule has 100 valence electrons. The van der Waals surface area contributed by atoms with Crippen LogP contribution in [0.2, 0.25) is 0 Å². The van der Waals surface area contributed by atoms with Crippen LogP contribution in [0, 0.1) is 0 Å². The van der Waals surface area contributed by atoms with Crippen molar-refractivity contribution in [3.63, 3.8) is 0 Å². The van der Waals surface area contributed by atoms with Gasteiger partial charge >= 0.3 is 0 Å². The van der Waals surface area contributed by atoms with E-state index in [1.165, 1.54) is 12.0 Å². The summed E-state index contributed by atoms with van der Waals surface area (Å²) in [4.78, 5) is 13.4. The topological polar surface area (TPSA) is 59.0 Å². The molecule has 0 bridgehead atoms. The van der Waals surface area contributed by atoms with Gasteiger partial charge in [-0.3, -0.25) is 4.79 Å². The molecule has 0 atom stereocenters. The van der Waals surface area contributed by atoms with Gasteiger partial charge in [-0.25, -0.2) is 0 Å². The van der Waals surface area contributed by atoms with E-state index in [0.29, 0.717) is 30.2 Å². The number of carbonyl (C=O) groups is 1. The molecule has 1 aromatic rings. The molecule has 1 amide bonds. The summed E-state index contributed by atoms with van der Waals surface area (Å²) in [5.41, 5.74) is 0.506. The fourth-order valence-corrected chi connectivity index (χ4v) is 1.55. The van der Waals surface area contributed by atoms with E-state index in [-0.39, 0.29) is 12.5 Å². The van der Waals surface area contributed by atoms with Gasteiger partial charge in [0.2, 0.25) is 0 Å². The Morgan fingerprint density at radius 3 is 2.67 bits per heavy atom. The van der Waals surface area contributed by atoms with Crippen molar-refractivity contribution in [1.82, 2.24) is 4.90 Å². The Hall–Kier alpha value is -1.75. The zero-order valence-corrected chi connectivity index (χ0v) is 11.0. The molecule has 5 nitrogen and oxygen atoms in total. The van der Waals surface area contributed by atoms with Crippen molar-refractivity contribution < 1.29 is 19.4 Å². The van der Waals surface area contributed by atoms with Crippen molar-refractivity contribution >= 4 is 5.91 Å². The first-order chi connectivity index (χ1) is 8.63. The second kappa shape index (κ2) is 6.86. The summed E-state index contributed by atoms with van der Waals surface area (Å²) in [5, 5.41) is 8.81. The Morgan fingerprint density at radius 2 is 2.11 bits per heavy atom. The molecule has 0 spiro atoms. The summed E-state index contributed by atoms with van der Waals surface area (Å²) >= 11 is 0. The van der Waals surface area contributed by atoms with Crippen LogP contribution in [-0.2, 0) is 0 Å². The van der Waals surface area contributed by atoms with Gasteiger partial charge in [0.1, 0.15) is 0 Å². The Kier molecular flexibility index (Phi) is 5.45. The number of nitrogens with zero attached hydrogens (tertiary/aromatic N) is 1. The van der Waals surface area contributed by atoms with Crippen LogP contribution in [0.1, 0.15) is 17.3 Å². The van der Waals surface area contributed by atoms with Crippen LogP contribution in [0.4, 0.5) is 0 Å². The molecule has 0 aliphatic carbocycles. The van der Waals surface area contributed by atoms with Gasteiger partial charge in [-0.2, -0.15) is 0 Å². The largest absolute Gasteiger partial charge is 0.493 e. The van der Waals surface area contributed by atoms with Crippen molar-refractivity contribution in [2.45, 2.75) is 6.92 Å². The minimum Gasteiger partial charge on any atom is -0.493 e. The van der Waals surface area contributed by atoms with E-state index in [9.17, 15) is 4.79 Å². The number of hydrogen-bond donors (Lipinski definition) is 1. The lowest BCUT2D eigenvalue weighted by Gasteiger charge is -2.17. The number of hydrogen-bond acceptors (Lipinski definition) is 4. The summed E-state index contributed by atoms with van der Waals surface area (Å²) in [5.74, 6) is 0.979. The average Bonchev–Trinajstić information content (AvgIpc) is 2.39. The van der Waals surface area contributed by atoms with Gasteiger partial charge in [-0.1, -0.05) is 0 Å². The molecule has 0 saturated heterocycles. The van der Waals surface area contributed by atoms with Gasteiger partial charge < -0.3 is 19.5 Å². The second-order valence-corrected chi connectivity index (χ2v) is 3.75. The molecule has 1 N–H and O–H groups in total. The number of rotatable bonds is 6. The van der Waals surface area contributed by atoms with Crippen molar-refractivity contribution in [2.24, 2.45) is 0 Å². The van der Waals surface area contributed by atoms with Crippen LogP contribution in [0.15, 0.2) is 18.2 Å². The monoisotopic (exact) mass is 253 g/mol. The van der Waals surface area contributed by atoms with Crippen LogP contribution in [0.5, 0.6) is 11.5 Å². The van der Waals surface area contributed by atoms with Gasteiger partial charge in [0.05, 0.1) is 20.3 Å². The van der Waals surface area contributed by atoms with Crippen LogP contribution in [0.25, 0.3) is 0 Å². The number of aliphatic hydroxyl groups excluding tert-OH is 1. The molecule has 0 aliphatic rings. The van der Waals surface area contributed by atoms with Gasteiger partial charge in [0.25, 0.3) is 5.91 Å². The number of aliphatic hydroxyl groups is 1. The first-order valence-corrected chi connectivity index (χ1v) is 5.81. The van der Waals surface area contributed by atoms with Gasteiger partial charge in [0, 0.05) is 19.2 Å². The molecule has 18 heavy (non-hydrogen) atoms. The number of amides is 1. The molecule has 5 heteroatoms. The average molecular weight is 253 g/mol. The van der Waals surface area contributed by atoms with Crippen LogP contribution in [-0.4, -0.2) is 49.8 Å². The molecule has 0 fully saturated rings. The maximum absolute atomic E-state index is 12.0. The number of likely N-dealkylation sites (N-methyl/N-ethyl adjacent to an activating group) is 1. The summed E-state index contributed by atoms with van der Waals surface area (Å²) in [6.07, 6.45) is 0. The maximum Gasteiger partial charge on any atom is 0.253 e. The molecule has 0 aromatic heterocycles. The van der Waals surface area contributed by atoms with Gasteiger partial charge in [0.15, 0.2) is 11.5 Å². The standard InChI is InChI=1S/C13H19NO4/c1-4-18-11-6-5-10(9-12(11)17-3)13(16)14(2)7-8-15/h5-6,9,15H,4,7-8H2,1-3H3. The molecular weight excluding hydrogens is 234 g/mol. The first kappa shape index (κ1) is 14.3. The molecule has 1 aromatic carbocycles. The summed E-state index contributed by atoms with van der Waals surface area (Å²) < 4.78 is 10.6. The van der Waals surface area contributed by atoms with E-state index in [1.807, 2.05) is 6.92 Å². The molecule has 0 heterocycles. The first-order valence-electron chi connectivity index (χ1n) is 5.81. The highest BCUT2D eigenvalue weighted by atomic mass is 16.5. The lowest BCUT2D eigenvalue weighted by atomic mass is 10.1. The lowest BCUT2D eigenvalue weighted by molar-refractivity contribution is 0.0766. The van der Waals surface area contributed by atoms with Crippen molar-refractivity contribution in [2.75, 3.05) is 33.9 Å². The SMILES string of the molecule is CCOc1ccc(C(=O)N(C)CCO)cc1OC. The van der Waals surface area contributed by atoms with Gasteiger partial charge in [-0.05, 0) is 25.1 Å². The highest BCUT2D eigenvalue weighted by Gasteiger charge is 2.14. The normalized spacial score (nSPS) is 10.0. The summed E-state index contributed by atoms with van der Waals surface area (Å²) in [6.45, 7) is 2.66. The van der Waals surface area contributed by atoms with Crippen molar-refractivity contribution in [1.29, 1.82) is 0 Å². The third kappa shape index (κ3) is 3.37. The van der Waals surface area contributed by atoms with Crippen molar-refractivity contribution in [3.8, 4) is 11.5 Å². The minimum absolute atomic E-state index is 0.0591. The zero-order valence-electron chi connectivity index (χ0n) is 11.0. The fraction of sp³-hybridized carbons (Fsp3) is 0.462. The van der Waals surface area contributed by atoms with E-state index in [4.69, 9.17) is 14.6 Å².